The van der Waals surface area contributed by atoms with Gasteiger partial charge in [0.1, 0.15) is 11.5 Å². The maximum absolute atomic E-state index is 4.28. The van der Waals surface area contributed by atoms with E-state index in [1.165, 1.54) is 0 Å². The monoisotopic (exact) mass is 186 g/mol. The first-order valence-corrected chi connectivity index (χ1v) is 4.32. The standard InChI is InChI=1S/C10H10N4/c1-11-9-5-7-13-10(14-9)8-4-2-3-6-12-8/h2-7H,1H3,(H,11,13,14). The third-order valence-electron chi connectivity index (χ3n) is 1.81. The average molecular weight is 186 g/mol. The number of pyridine rings is 1. The fourth-order valence-electron chi connectivity index (χ4n) is 1.12. The molecule has 2 aromatic heterocycles. The minimum absolute atomic E-state index is 0.637. The Morgan fingerprint density at radius 2 is 2.00 bits per heavy atom. The Morgan fingerprint density at radius 1 is 1.07 bits per heavy atom. The quantitative estimate of drug-likeness (QED) is 0.773. The van der Waals surface area contributed by atoms with Crippen molar-refractivity contribution in [3.8, 4) is 11.5 Å². The van der Waals surface area contributed by atoms with Crippen molar-refractivity contribution in [2.75, 3.05) is 12.4 Å². The molecule has 4 nitrogen and oxygen atoms in total. The van der Waals surface area contributed by atoms with Crippen LogP contribution < -0.4 is 5.32 Å². The minimum Gasteiger partial charge on any atom is -0.373 e. The molecule has 2 heterocycles. The lowest BCUT2D eigenvalue weighted by atomic mass is 10.3. The molecule has 0 aliphatic carbocycles. The van der Waals surface area contributed by atoms with Crippen LogP contribution >= 0.6 is 0 Å². The largest absolute Gasteiger partial charge is 0.373 e. The molecule has 4 heteroatoms. The van der Waals surface area contributed by atoms with Gasteiger partial charge in [-0.15, -0.1) is 0 Å². The van der Waals surface area contributed by atoms with Gasteiger partial charge in [-0.05, 0) is 18.2 Å². The number of anilines is 1. The Labute approximate surface area is 82.1 Å². The van der Waals surface area contributed by atoms with Crippen molar-refractivity contribution in [2.24, 2.45) is 0 Å². The van der Waals surface area contributed by atoms with E-state index >= 15 is 0 Å². The molecule has 0 aliphatic heterocycles. The lowest BCUT2D eigenvalue weighted by molar-refractivity contribution is 1.13. The molecule has 2 rings (SSSR count). The van der Waals surface area contributed by atoms with Gasteiger partial charge in [0.25, 0.3) is 0 Å². The summed E-state index contributed by atoms with van der Waals surface area (Å²) in [5.74, 6) is 1.43. The fourth-order valence-corrected chi connectivity index (χ4v) is 1.12. The predicted octanol–water partition coefficient (Wildman–Crippen LogP) is 1.58. The summed E-state index contributed by atoms with van der Waals surface area (Å²) >= 11 is 0. The van der Waals surface area contributed by atoms with E-state index in [0.29, 0.717) is 5.82 Å². The number of nitrogens with one attached hydrogen (secondary N) is 1. The van der Waals surface area contributed by atoms with Gasteiger partial charge < -0.3 is 5.32 Å². The average Bonchev–Trinajstić information content (AvgIpc) is 2.30. The lowest BCUT2D eigenvalue weighted by Gasteiger charge is -2.01. The van der Waals surface area contributed by atoms with Crippen LogP contribution in [0.4, 0.5) is 5.82 Å². The highest BCUT2D eigenvalue weighted by atomic mass is 15.0. The number of aromatic nitrogens is 3. The third kappa shape index (κ3) is 1.69. The topological polar surface area (TPSA) is 50.7 Å². The van der Waals surface area contributed by atoms with Crippen LogP contribution in [0.25, 0.3) is 11.5 Å². The zero-order valence-corrected chi connectivity index (χ0v) is 7.81. The summed E-state index contributed by atoms with van der Waals surface area (Å²) in [6.45, 7) is 0. The van der Waals surface area contributed by atoms with Gasteiger partial charge in [0.05, 0.1) is 0 Å². The Hall–Kier alpha value is -1.97. The molecular formula is C10H10N4. The molecule has 0 saturated carbocycles. The van der Waals surface area contributed by atoms with E-state index in [-0.39, 0.29) is 0 Å². The van der Waals surface area contributed by atoms with Gasteiger partial charge >= 0.3 is 0 Å². The highest BCUT2D eigenvalue weighted by molar-refractivity contribution is 5.51. The maximum Gasteiger partial charge on any atom is 0.180 e. The predicted molar refractivity (Wildman–Crippen MR) is 54.8 cm³/mol. The van der Waals surface area contributed by atoms with Crippen LogP contribution in [-0.2, 0) is 0 Å². The van der Waals surface area contributed by atoms with E-state index in [2.05, 4.69) is 20.3 Å². The highest BCUT2D eigenvalue weighted by Crippen LogP contribution is 2.11. The molecule has 70 valence electrons. The first kappa shape index (κ1) is 8.62. The molecule has 0 saturated heterocycles. The molecular weight excluding hydrogens is 176 g/mol. The molecule has 2 aromatic rings. The second-order valence-electron chi connectivity index (χ2n) is 2.73. The Morgan fingerprint density at radius 3 is 2.71 bits per heavy atom. The molecule has 0 atom stereocenters. The lowest BCUT2D eigenvalue weighted by Crippen LogP contribution is -1.96. The molecule has 1 N–H and O–H groups in total. The van der Waals surface area contributed by atoms with Gasteiger partial charge in [0, 0.05) is 19.4 Å². The van der Waals surface area contributed by atoms with Crippen LogP contribution in [0, 0.1) is 0 Å². The van der Waals surface area contributed by atoms with E-state index < -0.39 is 0 Å². The molecule has 0 aromatic carbocycles. The van der Waals surface area contributed by atoms with Gasteiger partial charge in [-0.25, -0.2) is 9.97 Å². The van der Waals surface area contributed by atoms with Crippen LogP contribution in [0.15, 0.2) is 36.7 Å². The summed E-state index contributed by atoms with van der Waals surface area (Å²) in [6.07, 6.45) is 3.44. The van der Waals surface area contributed by atoms with E-state index in [0.717, 1.165) is 11.5 Å². The number of nitrogens with zero attached hydrogens (tertiary/aromatic N) is 3. The Kier molecular flexibility index (Phi) is 2.36. The summed E-state index contributed by atoms with van der Waals surface area (Å²) in [7, 11) is 1.82. The number of rotatable bonds is 2. The normalized spacial score (nSPS) is 9.79. The first-order chi connectivity index (χ1) is 6.90. The van der Waals surface area contributed by atoms with Gasteiger partial charge in [-0.3, -0.25) is 4.98 Å². The van der Waals surface area contributed by atoms with Gasteiger partial charge in [-0.2, -0.15) is 0 Å². The Balaban J connectivity index is 2.42. The summed E-state index contributed by atoms with van der Waals surface area (Å²) < 4.78 is 0. The van der Waals surface area contributed by atoms with E-state index in [4.69, 9.17) is 0 Å². The van der Waals surface area contributed by atoms with Crippen molar-refractivity contribution < 1.29 is 0 Å². The summed E-state index contributed by atoms with van der Waals surface area (Å²) in [5.41, 5.74) is 0.782. The van der Waals surface area contributed by atoms with Crippen LogP contribution in [0.1, 0.15) is 0 Å². The molecule has 0 bridgehead atoms. The number of hydrogen-bond donors (Lipinski definition) is 1. The molecule has 14 heavy (non-hydrogen) atoms. The van der Waals surface area contributed by atoms with Gasteiger partial charge in [-0.1, -0.05) is 6.07 Å². The van der Waals surface area contributed by atoms with E-state index in [1.807, 2.05) is 31.3 Å². The molecule has 0 unspecified atom stereocenters. The molecule has 0 radical (unpaired) electrons. The van der Waals surface area contributed by atoms with Crippen LogP contribution in [0.2, 0.25) is 0 Å². The van der Waals surface area contributed by atoms with E-state index in [1.54, 1.807) is 12.4 Å². The van der Waals surface area contributed by atoms with Crippen LogP contribution in [0.3, 0.4) is 0 Å². The van der Waals surface area contributed by atoms with Crippen molar-refractivity contribution in [1.29, 1.82) is 0 Å². The van der Waals surface area contributed by atoms with Crippen molar-refractivity contribution >= 4 is 5.82 Å². The third-order valence-corrected chi connectivity index (χ3v) is 1.81. The van der Waals surface area contributed by atoms with Gasteiger partial charge in [0.2, 0.25) is 0 Å². The summed E-state index contributed by atoms with van der Waals surface area (Å²) in [5, 5.41) is 2.96. The molecule has 0 spiro atoms. The smallest absolute Gasteiger partial charge is 0.180 e. The van der Waals surface area contributed by atoms with Crippen molar-refractivity contribution in [3.63, 3.8) is 0 Å². The summed E-state index contributed by atoms with van der Waals surface area (Å²) in [6, 6.07) is 7.48. The SMILES string of the molecule is CNc1ccnc(-c2ccccn2)n1. The zero-order valence-electron chi connectivity index (χ0n) is 7.81. The van der Waals surface area contributed by atoms with Gasteiger partial charge in [0.15, 0.2) is 5.82 Å². The molecule has 0 fully saturated rings. The second-order valence-corrected chi connectivity index (χ2v) is 2.73. The van der Waals surface area contributed by atoms with Crippen LogP contribution in [-0.4, -0.2) is 22.0 Å². The van der Waals surface area contributed by atoms with Crippen molar-refractivity contribution in [1.82, 2.24) is 15.0 Å². The molecule has 0 aliphatic rings. The van der Waals surface area contributed by atoms with Crippen molar-refractivity contribution in [3.05, 3.63) is 36.7 Å². The summed E-state index contributed by atoms with van der Waals surface area (Å²) in [4.78, 5) is 12.6. The Bertz CT molecular complexity index is 413. The number of hydrogen-bond acceptors (Lipinski definition) is 4. The zero-order chi connectivity index (χ0) is 9.80. The van der Waals surface area contributed by atoms with Crippen molar-refractivity contribution in [2.45, 2.75) is 0 Å². The first-order valence-electron chi connectivity index (χ1n) is 4.32. The minimum atomic E-state index is 0.637. The second kappa shape index (κ2) is 3.83. The highest BCUT2D eigenvalue weighted by Gasteiger charge is 2.01. The fraction of sp³-hybridized carbons (Fsp3) is 0.100. The van der Waals surface area contributed by atoms with Crippen LogP contribution in [0.5, 0.6) is 0 Å². The molecule has 0 amide bonds. The van der Waals surface area contributed by atoms with E-state index in [9.17, 15) is 0 Å². The maximum atomic E-state index is 4.28.